The van der Waals surface area contributed by atoms with E-state index in [1.54, 1.807) is 6.08 Å². The van der Waals surface area contributed by atoms with Gasteiger partial charge in [-0.25, -0.2) is 4.79 Å². The first-order valence-electron chi connectivity index (χ1n) is 6.28. The number of hydrogen-bond donors (Lipinski definition) is 0. The fraction of sp³-hybridized carbons (Fsp3) is 0.438. The topological polar surface area (TPSA) is 26.3 Å². The average Bonchev–Trinajstić information content (AvgIpc) is 2.25. The highest BCUT2D eigenvalue weighted by Gasteiger charge is 2.12. The lowest BCUT2D eigenvalue weighted by atomic mass is 9.87. The van der Waals surface area contributed by atoms with Crippen LogP contribution in [0.3, 0.4) is 0 Å². The van der Waals surface area contributed by atoms with Crippen LogP contribution in [0.1, 0.15) is 45.7 Å². The lowest BCUT2D eigenvalue weighted by molar-refractivity contribution is -0.141. The first-order valence-corrected chi connectivity index (χ1v) is 6.28. The van der Waals surface area contributed by atoms with Crippen molar-refractivity contribution in [2.75, 3.05) is 0 Å². The van der Waals surface area contributed by atoms with E-state index in [2.05, 4.69) is 32.9 Å². The summed E-state index contributed by atoms with van der Waals surface area (Å²) in [6.07, 6.45) is 3.16. The zero-order valence-electron chi connectivity index (χ0n) is 11.9. The summed E-state index contributed by atoms with van der Waals surface area (Å²) in [5.74, 6) is -0.301. The Balaban J connectivity index is 2.70. The van der Waals surface area contributed by atoms with Gasteiger partial charge in [-0.15, -0.1) is 0 Å². The third-order valence-corrected chi connectivity index (χ3v) is 2.54. The zero-order valence-corrected chi connectivity index (χ0v) is 11.9. The van der Waals surface area contributed by atoms with Gasteiger partial charge in [-0.2, -0.15) is 0 Å². The SMILES string of the molecule is CC(C)OC(=O)/C=C/c1ccc(C(C)(C)C)cc1. The van der Waals surface area contributed by atoms with E-state index in [-0.39, 0.29) is 17.5 Å². The van der Waals surface area contributed by atoms with E-state index in [4.69, 9.17) is 4.74 Å². The van der Waals surface area contributed by atoms with Crippen LogP contribution in [0.15, 0.2) is 30.3 Å². The van der Waals surface area contributed by atoms with E-state index in [1.165, 1.54) is 11.6 Å². The van der Waals surface area contributed by atoms with E-state index in [0.717, 1.165) is 5.56 Å². The van der Waals surface area contributed by atoms with E-state index in [9.17, 15) is 4.79 Å². The minimum Gasteiger partial charge on any atom is -0.460 e. The molecule has 2 heteroatoms. The van der Waals surface area contributed by atoms with E-state index < -0.39 is 0 Å². The molecule has 0 unspecified atom stereocenters. The molecule has 0 radical (unpaired) electrons. The van der Waals surface area contributed by atoms with Crippen LogP contribution in [0, 0.1) is 0 Å². The van der Waals surface area contributed by atoms with Gasteiger partial charge in [0.2, 0.25) is 0 Å². The van der Waals surface area contributed by atoms with Gasteiger partial charge in [0, 0.05) is 6.08 Å². The van der Waals surface area contributed by atoms with Gasteiger partial charge in [0.15, 0.2) is 0 Å². The maximum absolute atomic E-state index is 11.3. The van der Waals surface area contributed by atoms with Crippen molar-refractivity contribution in [2.45, 2.75) is 46.1 Å². The van der Waals surface area contributed by atoms with Gasteiger partial charge in [0.1, 0.15) is 0 Å². The summed E-state index contributed by atoms with van der Waals surface area (Å²) < 4.78 is 5.02. The lowest BCUT2D eigenvalue weighted by Crippen LogP contribution is -2.10. The number of hydrogen-bond acceptors (Lipinski definition) is 2. The Morgan fingerprint density at radius 3 is 2.17 bits per heavy atom. The zero-order chi connectivity index (χ0) is 13.8. The minimum atomic E-state index is -0.301. The van der Waals surface area contributed by atoms with E-state index in [1.807, 2.05) is 26.0 Å². The van der Waals surface area contributed by atoms with Crippen LogP contribution in [0.4, 0.5) is 0 Å². The van der Waals surface area contributed by atoms with Crippen LogP contribution in [-0.4, -0.2) is 12.1 Å². The number of ether oxygens (including phenoxy) is 1. The second-order valence-electron chi connectivity index (χ2n) is 5.69. The fourth-order valence-corrected chi connectivity index (χ4v) is 1.53. The van der Waals surface area contributed by atoms with E-state index in [0.29, 0.717) is 0 Å². The fourth-order valence-electron chi connectivity index (χ4n) is 1.53. The first-order chi connectivity index (χ1) is 8.29. The van der Waals surface area contributed by atoms with Crippen molar-refractivity contribution < 1.29 is 9.53 Å². The van der Waals surface area contributed by atoms with Crippen molar-refractivity contribution in [2.24, 2.45) is 0 Å². The highest BCUT2D eigenvalue weighted by Crippen LogP contribution is 2.22. The summed E-state index contributed by atoms with van der Waals surface area (Å²) in [5.41, 5.74) is 2.44. The van der Waals surface area contributed by atoms with Crippen LogP contribution in [0.25, 0.3) is 6.08 Å². The molecule has 0 spiro atoms. The number of carbonyl (C=O) groups is 1. The van der Waals surface area contributed by atoms with Crippen LogP contribution in [0.2, 0.25) is 0 Å². The molecule has 0 aliphatic heterocycles. The number of rotatable bonds is 3. The van der Waals surface area contributed by atoms with Crippen molar-refractivity contribution in [1.82, 2.24) is 0 Å². The first kappa shape index (κ1) is 14.5. The van der Waals surface area contributed by atoms with Gasteiger partial charge in [0.25, 0.3) is 0 Å². The molecule has 0 atom stereocenters. The molecular weight excluding hydrogens is 224 g/mol. The van der Waals surface area contributed by atoms with Crippen molar-refractivity contribution in [3.63, 3.8) is 0 Å². The summed E-state index contributed by atoms with van der Waals surface area (Å²) in [6, 6.07) is 8.21. The molecule has 2 nitrogen and oxygen atoms in total. The largest absolute Gasteiger partial charge is 0.460 e. The molecule has 18 heavy (non-hydrogen) atoms. The molecule has 0 saturated heterocycles. The van der Waals surface area contributed by atoms with Gasteiger partial charge >= 0.3 is 5.97 Å². The van der Waals surface area contributed by atoms with Crippen LogP contribution in [-0.2, 0) is 14.9 Å². The van der Waals surface area contributed by atoms with E-state index >= 15 is 0 Å². The normalized spacial score (nSPS) is 12.1. The number of carbonyl (C=O) groups excluding carboxylic acids is 1. The second-order valence-corrected chi connectivity index (χ2v) is 5.69. The summed E-state index contributed by atoms with van der Waals surface area (Å²) in [5, 5.41) is 0. The Hall–Kier alpha value is -1.57. The Morgan fingerprint density at radius 2 is 1.72 bits per heavy atom. The van der Waals surface area contributed by atoms with Crippen LogP contribution >= 0.6 is 0 Å². The minimum absolute atomic E-state index is 0.0783. The highest BCUT2D eigenvalue weighted by molar-refractivity contribution is 5.87. The van der Waals surface area contributed by atoms with Crippen molar-refractivity contribution in [3.05, 3.63) is 41.5 Å². The lowest BCUT2D eigenvalue weighted by Gasteiger charge is -2.18. The molecule has 0 aliphatic carbocycles. The van der Waals surface area contributed by atoms with Gasteiger partial charge < -0.3 is 4.74 Å². The number of benzene rings is 1. The predicted molar refractivity (Wildman–Crippen MR) is 75.4 cm³/mol. The predicted octanol–water partition coefficient (Wildman–Crippen LogP) is 3.95. The van der Waals surface area contributed by atoms with Gasteiger partial charge in [0.05, 0.1) is 6.10 Å². The summed E-state index contributed by atoms with van der Waals surface area (Å²) in [6.45, 7) is 10.2. The average molecular weight is 246 g/mol. The van der Waals surface area contributed by atoms with Crippen LogP contribution in [0.5, 0.6) is 0 Å². The summed E-state index contributed by atoms with van der Waals surface area (Å²) in [4.78, 5) is 11.3. The summed E-state index contributed by atoms with van der Waals surface area (Å²) >= 11 is 0. The highest BCUT2D eigenvalue weighted by atomic mass is 16.5. The summed E-state index contributed by atoms with van der Waals surface area (Å²) in [7, 11) is 0. The van der Waals surface area contributed by atoms with Crippen molar-refractivity contribution in [3.8, 4) is 0 Å². The third kappa shape index (κ3) is 4.74. The molecule has 0 aliphatic rings. The quantitative estimate of drug-likeness (QED) is 0.596. The smallest absolute Gasteiger partial charge is 0.331 e. The molecule has 0 heterocycles. The number of esters is 1. The Kier molecular flexibility index (Phi) is 4.71. The Morgan fingerprint density at radius 1 is 1.17 bits per heavy atom. The van der Waals surface area contributed by atoms with Gasteiger partial charge in [-0.05, 0) is 36.5 Å². The molecule has 98 valence electrons. The Bertz CT molecular complexity index is 419. The molecule has 1 rings (SSSR count). The molecule has 0 saturated carbocycles. The monoisotopic (exact) mass is 246 g/mol. The third-order valence-electron chi connectivity index (χ3n) is 2.54. The molecule has 0 fully saturated rings. The molecular formula is C16H22O2. The van der Waals surface area contributed by atoms with Gasteiger partial charge in [-0.1, -0.05) is 45.0 Å². The maximum Gasteiger partial charge on any atom is 0.331 e. The van der Waals surface area contributed by atoms with Crippen LogP contribution < -0.4 is 0 Å². The van der Waals surface area contributed by atoms with Gasteiger partial charge in [-0.3, -0.25) is 0 Å². The molecule has 0 aromatic heterocycles. The molecule has 0 N–H and O–H groups in total. The van der Waals surface area contributed by atoms with Crippen molar-refractivity contribution in [1.29, 1.82) is 0 Å². The molecule has 1 aromatic carbocycles. The second kappa shape index (κ2) is 5.85. The standard InChI is InChI=1S/C16H22O2/c1-12(2)18-15(17)11-8-13-6-9-14(10-7-13)16(3,4)5/h6-12H,1-5H3/b11-8+. The maximum atomic E-state index is 11.3. The molecule has 1 aromatic rings. The molecule has 0 amide bonds. The molecule has 0 bridgehead atoms. The van der Waals surface area contributed by atoms with Crippen molar-refractivity contribution >= 4 is 12.0 Å². The Labute approximate surface area is 110 Å².